The van der Waals surface area contributed by atoms with Crippen LogP contribution in [-0.4, -0.2) is 12.1 Å². The molecule has 0 aliphatic carbocycles. The summed E-state index contributed by atoms with van der Waals surface area (Å²) in [5.74, 6) is 1.63. The van der Waals surface area contributed by atoms with E-state index in [-0.39, 0.29) is 0 Å². The molecule has 0 aliphatic rings. The highest BCUT2D eigenvalue weighted by Gasteiger charge is 1.97. The molecule has 0 radical (unpaired) electrons. The summed E-state index contributed by atoms with van der Waals surface area (Å²) in [5.41, 5.74) is 1.10. The van der Waals surface area contributed by atoms with E-state index in [0.29, 0.717) is 6.61 Å². The molecule has 0 bridgehead atoms. The highest BCUT2D eigenvalue weighted by atomic mass is 127. The number of pyridine rings is 1. The number of nitrogens with zero attached hydrogens (tertiary/aromatic N) is 1. The predicted molar refractivity (Wildman–Crippen MR) is 74.3 cm³/mol. The number of benzene rings is 1. The summed E-state index contributed by atoms with van der Waals surface area (Å²) in [6.07, 6.45) is 1.73. The highest BCUT2D eigenvalue weighted by Crippen LogP contribution is 2.15. The van der Waals surface area contributed by atoms with Crippen LogP contribution in [0.2, 0.25) is 0 Å². The summed E-state index contributed by atoms with van der Waals surface area (Å²) in [5, 5.41) is 0. The highest BCUT2D eigenvalue weighted by molar-refractivity contribution is 14.1. The second-order valence-corrected chi connectivity index (χ2v) is 4.56. The number of ether oxygens (including phenoxy) is 2. The third-order valence-corrected chi connectivity index (χ3v) is 2.90. The molecule has 0 amide bonds. The fourth-order valence-corrected chi connectivity index (χ4v) is 1.66. The minimum atomic E-state index is 0.534. The fourth-order valence-electron chi connectivity index (χ4n) is 1.34. The summed E-state index contributed by atoms with van der Waals surface area (Å²) in [4.78, 5) is 4.16. The largest absolute Gasteiger partial charge is 0.497 e. The van der Waals surface area contributed by atoms with Gasteiger partial charge >= 0.3 is 0 Å². The van der Waals surface area contributed by atoms with Gasteiger partial charge in [0.15, 0.2) is 0 Å². The number of rotatable bonds is 4. The van der Waals surface area contributed by atoms with E-state index in [1.807, 2.05) is 36.4 Å². The lowest BCUT2D eigenvalue weighted by atomic mass is 10.2. The molecular formula is C13H12INO2. The molecule has 1 aromatic heterocycles. The number of aromatic nitrogens is 1. The van der Waals surface area contributed by atoms with Crippen molar-refractivity contribution in [2.75, 3.05) is 7.11 Å². The first-order valence-electron chi connectivity index (χ1n) is 5.15. The molecule has 3 nitrogen and oxygen atoms in total. The van der Waals surface area contributed by atoms with Crippen molar-refractivity contribution in [3.8, 4) is 11.5 Å². The Bertz CT molecular complexity index is 468. The van der Waals surface area contributed by atoms with E-state index < -0.39 is 0 Å². The van der Waals surface area contributed by atoms with Gasteiger partial charge in [-0.25, -0.2) is 4.98 Å². The molecule has 0 saturated heterocycles. The van der Waals surface area contributed by atoms with Gasteiger partial charge in [0.25, 0.3) is 0 Å². The van der Waals surface area contributed by atoms with Gasteiger partial charge in [-0.3, -0.25) is 0 Å². The minimum absolute atomic E-state index is 0.534. The van der Waals surface area contributed by atoms with Gasteiger partial charge in [0, 0.05) is 0 Å². The molecular weight excluding hydrogens is 329 g/mol. The van der Waals surface area contributed by atoms with Crippen LogP contribution >= 0.6 is 22.6 Å². The topological polar surface area (TPSA) is 31.4 Å². The SMILES string of the molecule is COc1ccc(COc2ccc(I)nc2)cc1. The predicted octanol–water partition coefficient (Wildman–Crippen LogP) is 3.27. The van der Waals surface area contributed by atoms with Crippen molar-refractivity contribution in [1.29, 1.82) is 0 Å². The molecule has 0 unspecified atom stereocenters. The van der Waals surface area contributed by atoms with Gasteiger partial charge in [-0.05, 0) is 52.4 Å². The van der Waals surface area contributed by atoms with Crippen LogP contribution in [0.5, 0.6) is 11.5 Å². The van der Waals surface area contributed by atoms with Gasteiger partial charge in [-0.15, -0.1) is 0 Å². The van der Waals surface area contributed by atoms with E-state index in [2.05, 4.69) is 27.6 Å². The van der Waals surface area contributed by atoms with Crippen LogP contribution in [0.4, 0.5) is 0 Å². The molecule has 0 atom stereocenters. The third kappa shape index (κ3) is 3.59. The quantitative estimate of drug-likeness (QED) is 0.632. The normalized spacial score (nSPS) is 10.0. The molecule has 4 heteroatoms. The number of methoxy groups -OCH3 is 1. The Kier molecular flexibility index (Phi) is 4.19. The Balaban J connectivity index is 1.95. The lowest BCUT2D eigenvalue weighted by molar-refractivity contribution is 0.304. The Hall–Kier alpha value is -1.30. The van der Waals surface area contributed by atoms with E-state index in [0.717, 1.165) is 20.8 Å². The molecule has 2 aromatic rings. The molecule has 88 valence electrons. The molecule has 2 rings (SSSR count). The van der Waals surface area contributed by atoms with Crippen molar-refractivity contribution in [2.45, 2.75) is 6.61 Å². The lowest BCUT2D eigenvalue weighted by Crippen LogP contribution is -1.96. The van der Waals surface area contributed by atoms with Crippen LogP contribution in [0.15, 0.2) is 42.6 Å². The first kappa shape index (κ1) is 12.2. The van der Waals surface area contributed by atoms with Crippen LogP contribution in [-0.2, 0) is 6.61 Å². The van der Waals surface area contributed by atoms with Gasteiger partial charge in [0.05, 0.1) is 13.3 Å². The maximum Gasteiger partial charge on any atom is 0.138 e. The van der Waals surface area contributed by atoms with Crippen LogP contribution < -0.4 is 9.47 Å². The van der Waals surface area contributed by atoms with Gasteiger partial charge in [-0.2, -0.15) is 0 Å². The van der Waals surface area contributed by atoms with Crippen LogP contribution in [0.3, 0.4) is 0 Å². The average Bonchev–Trinajstić information content (AvgIpc) is 2.39. The molecule has 0 fully saturated rings. The molecule has 0 spiro atoms. The first-order chi connectivity index (χ1) is 8.28. The molecule has 17 heavy (non-hydrogen) atoms. The molecule has 1 aromatic carbocycles. The summed E-state index contributed by atoms with van der Waals surface area (Å²) in [7, 11) is 1.66. The number of halogens is 1. The Morgan fingerprint density at radius 2 is 1.76 bits per heavy atom. The van der Waals surface area contributed by atoms with Crippen molar-refractivity contribution in [2.24, 2.45) is 0 Å². The van der Waals surface area contributed by atoms with Gasteiger partial charge < -0.3 is 9.47 Å². The minimum Gasteiger partial charge on any atom is -0.497 e. The smallest absolute Gasteiger partial charge is 0.138 e. The van der Waals surface area contributed by atoms with Crippen LogP contribution in [0.25, 0.3) is 0 Å². The maximum absolute atomic E-state index is 5.61. The van der Waals surface area contributed by atoms with E-state index in [4.69, 9.17) is 9.47 Å². The zero-order chi connectivity index (χ0) is 12.1. The van der Waals surface area contributed by atoms with Crippen molar-refractivity contribution in [3.05, 3.63) is 51.9 Å². The van der Waals surface area contributed by atoms with Crippen molar-refractivity contribution >= 4 is 22.6 Å². The second kappa shape index (κ2) is 5.86. The van der Waals surface area contributed by atoms with Crippen LogP contribution in [0.1, 0.15) is 5.56 Å². The van der Waals surface area contributed by atoms with Crippen molar-refractivity contribution < 1.29 is 9.47 Å². The second-order valence-electron chi connectivity index (χ2n) is 3.45. The van der Waals surface area contributed by atoms with Crippen molar-refractivity contribution in [1.82, 2.24) is 4.98 Å². The molecule has 0 N–H and O–H groups in total. The third-order valence-electron chi connectivity index (χ3n) is 2.26. The summed E-state index contributed by atoms with van der Waals surface area (Å²) in [6.45, 7) is 0.534. The Morgan fingerprint density at radius 3 is 2.35 bits per heavy atom. The Labute approximate surface area is 114 Å². The van der Waals surface area contributed by atoms with Gasteiger partial charge in [-0.1, -0.05) is 12.1 Å². The fraction of sp³-hybridized carbons (Fsp3) is 0.154. The first-order valence-corrected chi connectivity index (χ1v) is 6.23. The number of hydrogen-bond donors (Lipinski definition) is 0. The van der Waals surface area contributed by atoms with Crippen LogP contribution in [0, 0.1) is 3.70 Å². The van der Waals surface area contributed by atoms with E-state index in [1.165, 1.54) is 0 Å². The van der Waals surface area contributed by atoms with E-state index in [1.54, 1.807) is 13.3 Å². The maximum atomic E-state index is 5.61. The lowest BCUT2D eigenvalue weighted by Gasteiger charge is -2.06. The van der Waals surface area contributed by atoms with Gasteiger partial charge in [0.2, 0.25) is 0 Å². The summed E-state index contributed by atoms with van der Waals surface area (Å²) >= 11 is 2.16. The molecule has 0 aliphatic heterocycles. The van der Waals surface area contributed by atoms with E-state index >= 15 is 0 Å². The average molecular weight is 341 g/mol. The standard InChI is InChI=1S/C13H12INO2/c1-16-11-4-2-10(3-5-11)9-17-12-6-7-13(14)15-8-12/h2-8H,9H2,1H3. The summed E-state index contributed by atoms with van der Waals surface area (Å²) < 4.78 is 11.7. The van der Waals surface area contributed by atoms with E-state index in [9.17, 15) is 0 Å². The summed E-state index contributed by atoms with van der Waals surface area (Å²) in [6, 6.07) is 11.6. The Morgan fingerprint density at radius 1 is 1.06 bits per heavy atom. The molecule has 1 heterocycles. The van der Waals surface area contributed by atoms with Gasteiger partial charge in [0.1, 0.15) is 21.8 Å². The number of hydrogen-bond acceptors (Lipinski definition) is 3. The zero-order valence-electron chi connectivity index (χ0n) is 9.39. The van der Waals surface area contributed by atoms with Crippen molar-refractivity contribution in [3.63, 3.8) is 0 Å². The molecule has 0 saturated carbocycles. The zero-order valence-corrected chi connectivity index (χ0v) is 11.5. The monoisotopic (exact) mass is 341 g/mol.